The second kappa shape index (κ2) is 12.3. The lowest BCUT2D eigenvalue weighted by molar-refractivity contribution is 0.447. The van der Waals surface area contributed by atoms with Gasteiger partial charge in [0.25, 0.3) is 0 Å². The van der Waals surface area contributed by atoms with E-state index in [1.165, 1.54) is 0 Å². The van der Waals surface area contributed by atoms with Crippen molar-refractivity contribution in [2.75, 3.05) is 0 Å². The van der Waals surface area contributed by atoms with Gasteiger partial charge in [0.2, 0.25) is 17.7 Å². The average molecular weight is 618 g/mol. The second-order valence-corrected chi connectivity index (χ2v) is 10.2. The van der Waals surface area contributed by atoms with Crippen LogP contribution < -0.4 is 18.9 Å². The lowest BCUT2D eigenvalue weighted by Crippen LogP contribution is -2.00. The summed E-state index contributed by atoms with van der Waals surface area (Å²) in [6, 6.07) is 28.3. The summed E-state index contributed by atoms with van der Waals surface area (Å²) in [6.45, 7) is 0. The van der Waals surface area contributed by atoms with E-state index in [1.54, 1.807) is 67.8 Å². The summed E-state index contributed by atoms with van der Waals surface area (Å²) in [5, 5.41) is 2.01. The zero-order valence-electron chi connectivity index (χ0n) is 24.5. The topological polar surface area (TPSA) is 119 Å². The average Bonchev–Trinajstić information content (AvgIpc) is 3.42. The molecule has 0 bridgehead atoms. The molecule has 4 aromatic heterocycles. The molecule has 0 amide bonds. The maximum absolute atomic E-state index is 6.29. The van der Waals surface area contributed by atoms with Crippen molar-refractivity contribution in [2.24, 2.45) is 0 Å². The zero-order chi connectivity index (χ0) is 31.4. The number of aromatic nitrogens is 7. The van der Waals surface area contributed by atoms with Gasteiger partial charge in [-0.15, -0.1) is 0 Å². The Balaban J connectivity index is 1.13. The van der Waals surface area contributed by atoms with Crippen molar-refractivity contribution in [3.05, 3.63) is 141 Å². The first-order chi connectivity index (χ1) is 23.2. The molecule has 0 aliphatic heterocycles. The van der Waals surface area contributed by atoms with Crippen molar-refractivity contribution in [2.45, 2.75) is 0 Å². The van der Waals surface area contributed by atoms with Gasteiger partial charge in [0, 0.05) is 72.2 Å². The highest BCUT2D eigenvalue weighted by Crippen LogP contribution is 2.38. The van der Waals surface area contributed by atoms with E-state index in [0.717, 1.165) is 21.8 Å². The fraction of sp³-hybridized carbons (Fsp3) is 0. The van der Waals surface area contributed by atoms with Gasteiger partial charge >= 0.3 is 0 Å². The van der Waals surface area contributed by atoms with Gasteiger partial charge < -0.3 is 18.9 Å². The normalized spacial score (nSPS) is 11.0. The largest absolute Gasteiger partial charge is 0.457 e. The smallest absolute Gasteiger partial charge is 0.237 e. The maximum atomic E-state index is 6.29. The number of benzene rings is 4. The van der Waals surface area contributed by atoms with Crippen LogP contribution in [0.5, 0.6) is 46.3 Å². The van der Waals surface area contributed by atoms with E-state index in [2.05, 4.69) is 29.9 Å². The van der Waals surface area contributed by atoms with Crippen LogP contribution in [0.2, 0.25) is 0 Å². The van der Waals surface area contributed by atoms with Crippen molar-refractivity contribution in [3.63, 3.8) is 0 Å². The quantitative estimate of drug-likeness (QED) is 0.156. The van der Waals surface area contributed by atoms with Gasteiger partial charge in [0.1, 0.15) is 34.5 Å². The first-order valence-corrected chi connectivity index (χ1v) is 14.5. The fourth-order valence-corrected chi connectivity index (χ4v) is 5.12. The highest BCUT2D eigenvalue weighted by Gasteiger charge is 2.16. The van der Waals surface area contributed by atoms with Crippen LogP contribution in [0.15, 0.2) is 141 Å². The van der Waals surface area contributed by atoms with E-state index in [0.29, 0.717) is 52.2 Å². The molecule has 0 unspecified atom stereocenters. The predicted molar refractivity (Wildman–Crippen MR) is 174 cm³/mol. The third-order valence-electron chi connectivity index (χ3n) is 7.07. The molecule has 8 aromatic rings. The standard InChI is InChI=1S/C36H23N7O4/c1-4-24(18-26(6-1)46-34-22-37-14-16-39-34)44-28-8-10-30-31-11-9-29(21-33(31)43(32(30)20-28)36-41-12-3-13-42-36)45-25-5-2-7-27(19-25)47-35-23-38-15-17-40-35/h1-23H. The third kappa shape index (κ3) is 5.96. The monoisotopic (exact) mass is 617 g/mol. The Morgan fingerprint density at radius 1 is 0.404 bits per heavy atom. The Morgan fingerprint density at radius 2 is 0.872 bits per heavy atom. The Bertz CT molecular complexity index is 2170. The van der Waals surface area contributed by atoms with E-state index in [1.807, 2.05) is 77.4 Å². The maximum Gasteiger partial charge on any atom is 0.237 e. The van der Waals surface area contributed by atoms with Crippen molar-refractivity contribution in [1.29, 1.82) is 0 Å². The van der Waals surface area contributed by atoms with Gasteiger partial charge in [0.15, 0.2) is 0 Å². The van der Waals surface area contributed by atoms with Gasteiger partial charge in [-0.1, -0.05) is 12.1 Å². The van der Waals surface area contributed by atoms with Crippen LogP contribution in [-0.2, 0) is 0 Å². The van der Waals surface area contributed by atoms with Crippen molar-refractivity contribution >= 4 is 21.8 Å². The molecular weight excluding hydrogens is 594 g/mol. The van der Waals surface area contributed by atoms with Crippen LogP contribution in [0.4, 0.5) is 0 Å². The molecule has 0 N–H and O–H groups in total. The Morgan fingerprint density at radius 3 is 1.34 bits per heavy atom. The molecule has 11 nitrogen and oxygen atoms in total. The molecule has 0 atom stereocenters. The molecule has 11 heteroatoms. The molecule has 4 heterocycles. The Kier molecular flexibility index (Phi) is 7.21. The van der Waals surface area contributed by atoms with Gasteiger partial charge in [-0.25, -0.2) is 19.9 Å². The summed E-state index contributed by atoms with van der Waals surface area (Å²) in [5.74, 6) is 4.92. The number of rotatable bonds is 9. The number of ether oxygens (including phenoxy) is 4. The van der Waals surface area contributed by atoms with Crippen molar-refractivity contribution in [1.82, 2.24) is 34.5 Å². The fourth-order valence-electron chi connectivity index (χ4n) is 5.12. The van der Waals surface area contributed by atoms with Gasteiger partial charge in [-0.3, -0.25) is 14.5 Å². The van der Waals surface area contributed by atoms with Crippen LogP contribution in [0.25, 0.3) is 27.8 Å². The summed E-state index contributed by atoms with van der Waals surface area (Å²) in [6.07, 6.45) is 12.9. The SMILES string of the molecule is c1cnc(-n2c3cc(Oc4cccc(Oc5cnccn5)c4)ccc3c3ccc(Oc4cccc(Oc5cnccn5)c4)cc32)nc1. The third-order valence-corrected chi connectivity index (χ3v) is 7.07. The zero-order valence-corrected chi connectivity index (χ0v) is 24.5. The minimum Gasteiger partial charge on any atom is -0.457 e. The number of hydrogen-bond acceptors (Lipinski definition) is 10. The summed E-state index contributed by atoms with van der Waals surface area (Å²) in [5.41, 5.74) is 1.74. The minimum absolute atomic E-state index is 0.393. The van der Waals surface area contributed by atoms with Crippen LogP contribution in [0, 0.1) is 0 Å². The number of fused-ring (bicyclic) bond motifs is 3. The van der Waals surface area contributed by atoms with Gasteiger partial charge in [0.05, 0.1) is 23.4 Å². The van der Waals surface area contributed by atoms with Crippen molar-refractivity contribution in [3.8, 4) is 52.2 Å². The summed E-state index contributed by atoms with van der Waals surface area (Å²) < 4.78 is 26.2. The van der Waals surface area contributed by atoms with Gasteiger partial charge in [-0.2, -0.15) is 0 Å². The van der Waals surface area contributed by atoms with Crippen LogP contribution in [0.3, 0.4) is 0 Å². The van der Waals surface area contributed by atoms with Crippen LogP contribution in [0.1, 0.15) is 0 Å². The highest BCUT2D eigenvalue weighted by molar-refractivity contribution is 6.09. The summed E-state index contributed by atoms with van der Waals surface area (Å²) in [4.78, 5) is 25.6. The summed E-state index contributed by atoms with van der Waals surface area (Å²) >= 11 is 0. The second-order valence-electron chi connectivity index (χ2n) is 10.2. The van der Waals surface area contributed by atoms with Crippen LogP contribution in [-0.4, -0.2) is 34.5 Å². The molecule has 0 saturated heterocycles. The molecule has 0 saturated carbocycles. The lowest BCUT2D eigenvalue weighted by atomic mass is 10.1. The Hall–Kier alpha value is -6.88. The minimum atomic E-state index is 0.393. The highest BCUT2D eigenvalue weighted by atomic mass is 16.5. The predicted octanol–water partition coefficient (Wildman–Crippen LogP) is 8.32. The van der Waals surface area contributed by atoms with Crippen molar-refractivity contribution < 1.29 is 18.9 Å². The number of nitrogens with zero attached hydrogens (tertiary/aromatic N) is 7. The first-order valence-electron chi connectivity index (χ1n) is 14.5. The molecule has 0 radical (unpaired) electrons. The Labute approximate surface area is 267 Å². The molecule has 0 aliphatic carbocycles. The van der Waals surface area contributed by atoms with E-state index < -0.39 is 0 Å². The molecule has 0 aliphatic rings. The molecule has 0 fully saturated rings. The molecule has 8 rings (SSSR count). The molecular formula is C36H23N7O4. The lowest BCUT2D eigenvalue weighted by Gasteiger charge is -2.10. The van der Waals surface area contributed by atoms with E-state index in [4.69, 9.17) is 18.9 Å². The molecule has 0 spiro atoms. The molecule has 226 valence electrons. The van der Waals surface area contributed by atoms with Gasteiger partial charge in [-0.05, 0) is 54.6 Å². The van der Waals surface area contributed by atoms with E-state index >= 15 is 0 Å². The van der Waals surface area contributed by atoms with Crippen LogP contribution >= 0.6 is 0 Å². The van der Waals surface area contributed by atoms with E-state index in [-0.39, 0.29) is 0 Å². The number of hydrogen-bond donors (Lipinski definition) is 0. The summed E-state index contributed by atoms with van der Waals surface area (Å²) in [7, 11) is 0. The molecule has 47 heavy (non-hydrogen) atoms. The molecule has 4 aromatic carbocycles. The first kappa shape index (κ1) is 27.7. The van der Waals surface area contributed by atoms with E-state index in [9.17, 15) is 0 Å².